The van der Waals surface area contributed by atoms with E-state index in [1.807, 2.05) is 6.92 Å². The van der Waals surface area contributed by atoms with Crippen molar-refractivity contribution in [1.29, 1.82) is 0 Å². The number of nitrogens with zero attached hydrogens (tertiary/aromatic N) is 2. The predicted molar refractivity (Wildman–Crippen MR) is 51.6 cm³/mol. The fourth-order valence-corrected chi connectivity index (χ4v) is 1.28. The summed E-state index contributed by atoms with van der Waals surface area (Å²) < 4.78 is 1.70. The van der Waals surface area contributed by atoms with Gasteiger partial charge in [0.1, 0.15) is 11.5 Å². The summed E-state index contributed by atoms with van der Waals surface area (Å²) in [5.74, 6) is 0.0745. The Balaban J connectivity index is 2.52. The average Bonchev–Trinajstić information content (AvgIpc) is 2.51. The average molecular weight is 190 g/mol. The number of phenols is 2. The minimum atomic E-state index is 0.0300. The van der Waals surface area contributed by atoms with Gasteiger partial charge in [-0.2, -0.15) is 0 Å². The molecule has 0 amide bonds. The van der Waals surface area contributed by atoms with Crippen molar-refractivity contribution in [2.24, 2.45) is 0 Å². The fourth-order valence-electron chi connectivity index (χ4n) is 1.28. The maximum absolute atomic E-state index is 9.55. The van der Waals surface area contributed by atoms with Gasteiger partial charge in [0, 0.05) is 12.3 Å². The zero-order valence-corrected chi connectivity index (χ0v) is 7.68. The molecular formula is C10H10N2O2. The molecule has 2 aromatic rings. The zero-order chi connectivity index (χ0) is 10.1. The number of aromatic hydroxyl groups is 2. The highest BCUT2D eigenvalue weighted by molar-refractivity contribution is 5.49. The second-order valence-electron chi connectivity index (χ2n) is 3.10. The summed E-state index contributed by atoms with van der Waals surface area (Å²) in [4.78, 5) is 4.05. The lowest BCUT2D eigenvalue weighted by Crippen LogP contribution is -1.89. The van der Waals surface area contributed by atoms with Crippen molar-refractivity contribution in [3.05, 3.63) is 36.4 Å². The van der Waals surface area contributed by atoms with Crippen LogP contribution in [0, 0.1) is 6.92 Å². The van der Waals surface area contributed by atoms with E-state index in [9.17, 15) is 5.11 Å². The quantitative estimate of drug-likeness (QED) is 0.718. The Morgan fingerprint density at radius 3 is 2.64 bits per heavy atom. The number of phenolic OH excluding ortho intramolecular Hbond substituents is 2. The molecule has 4 nitrogen and oxygen atoms in total. The lowest BCUT2D eigenvalue weighted by atomic mass is 10.3. The van der Waals surface area contributed by atoms with Gasteiger partial charge in [0.15, 0.2) is 0 Å². The van der Waals surface area contributed by atoms with Crippen LogP contribution in [-0.2, 0) is 0 Å². The van der Waals surface area contributed by atoms with Crippen molar-refractivity contribution >= 4 is 0 Å². The molecule has 0 unspecified atom stereocenters. The number of rotatable bonds is 1. The third kappa shape index (κ3) is 1.42. The first kappa shape index (κ1) is 8.62. The summed E-state index contributed by atoms with van der Waals surface area (Å²) in [5, 5.41) is 18.7. The van der Waals surface area contributed by atoms with Crippen molar-refractivity contribution in [3.8, 4) is 17.2 Å². The van der Waals surface area contributed by atoms with Crippen LogP contribution in [0.2, 0.25) is 0 Å². The summed E-state index contributed by atoms with van der Waals surface area (Å²) in [6.07, 6.45) is 3.41. The predicted octanol–water partition coefficient (Wildman–Crippen LogP) is 1.59. The van der Waals surface area contributed by atoms with Gasteiger partial charge < -0.3 is 14.8 Å². The van der Waals surface area contributed by atoms with Crippen LogP contribution in [-0.4, -0.2) is 19.8 Å². The molecule has 1 aromatic carbocycles. The van der Waals surface area contributed by atoms with E-state index in [1.54, 1.807) is 23.2 Å². The molecule has 0 fully saturated rings. The van der Waals surface area contributed by atoms with E-state index in [4.69, 9.17) is 5.11 Å². The smallest absolute Gasteiger partial charge is 0.143 e. The number of hydrogen-bond acceptors (Lipinski definition) is 3. The standard InChI is InChI=1S/C10H10N2O2/c1-7-5-12(6-11-7)9-3-2-8(13)4-10(9)14/h2-6,13-14H,1H3. The van der Waals surface area contributed by atoms with Crippen molar-refractivity contribution in [1.82, 2.24) is 9.55 Å². The summed E-state index contributed by atoms with van der Waals surface area (Å²) in [7, 11) is 0. The SMILES string of the molecule is Cc1cn(-c2ccc(O)cc2O)cn1. The van der Waals surface area contributed by atoms with Gasteiger partial charge in [0.25, 0.3) is 0 Å². The first-order valence-corrected chi connectivity index (χ1v) is 4.20. The molecule has 0 radical (unpaired) electrons. The lowest BCUT2D eigenvalue weighted by Gasteiger charge is -2.04. The molecule has 0 atom stereocenters. The van der Waals surface area contributed by atoms with E-state index in [1.165, 1.54) is 12.1 Å². The third-order valence-electron chi connectivity index (χ3n) is 1.95. The first-order valence-electron chi connectivity index (χ1n) is 4.20. The largest absolute Gasteiger partial charge is 0.508 e. The molecular weight excluding hydrogens is 180 g/mol. The van der Waals surface area contributed by atoms with Crippen LogP contribution in [0.5, 0.6) is 11.5 Å². The second kappa shape index (κ2) is 3.06. The maximum Gasteiger partial charge on any atom is 0.143 e. The number of imidazole rings is 1. The number of hydrogen-bond donors (Lipinski definition) is 2. The Kier molecular flexibility index (Phi) is 1.89. The van der Waals surface area contributed by atoms with Gasteiger partial charge in [0.05, 0.1) is 17.7 Å². The monoisotopic (exact) mass is 190 g/mol. The molecule has 0 aliphatic rings. The van der Waals surface area contributed by atoms with E-state index >= 15 is 0 Å². The highest BCUT2D eigenvalue weighted by atomic mass is 16.3. The lowest BCUT2D eigenvalue weighted by molar-refractivity contribution is 0.449. The zero-order valence-electron chi connectivity index (χ0n) is 7.68. The Labute approximate surface area is 81.1 Å². The van der Waals surface area contributed by atoms with E-state index in [0.29, 0.717) is 5.69 Å². The van der Waals surface area contributed by atoms with Crippen molar-refractivity contribution < 1.29 is 10.2 Å². The molecule has 0 bridgehead atoms. The highest BCUT2D eigenvalue weighted by Gasteiger charge is 2.04. The molecule has 14 heavy (non-hydrogen) atoms. The van der Waals surface area contributed by atoms with Crippen LogP contribution >= 0.6 is 0 Å². The molecule has 0 aliphatic carbocycles. The second-order valence-corrected chi connectivity index (χ2v) is 3.10. The molecule has 1 aromatic heterocycles. The molecule has 2 rings (SSSR count). The minimum Gasteiger partial charge on any atom is -0.508 e. The van der Waals surface area contributed by atoms with Gasteiger partial charge in [-0.3, -0.25) is 0 Å². The molecule has 0 spiro atoms. The van der Waals surface area contributed by atoms with Gasteiger partial charge in [-0.25, -0.2) is 4.98 Å². The van der Waals surface area contributed by atoms with E-state index in [0.717, 1.165) is 5.69 Å². The van der Waals surface area contributed by atoms with Crippen LogP contribution in [0.1, 0.15) is 5.69 Å². The topological polar surface area (TPSA) is 58.3 Å². The molecule has 72 valence electrons. The highest BCUT2D eigenvalue weighted by Crippen LogP contribution is 2.25. The molecule has 4 heteroatoms. The number of aromatic nitrogens is 2. The van der Waals surface area contributed by atoms with Crippen LogP contribution < -0.4 is 0 Å². The molecule has 1 heterocycles. The van der Waals surface area contributed by atoms with E-state index < -0.39 is 0 Å². The number of benzene rings is 1. The van der Waals surface area contributed by atoms with Gasteiger partial charge >= 0.3 is 0 Å². The van der Waals surface area contributed by atoms with Gasteiger partial charge in [-0.15, -0.1) is 0 Å². The minimum absolute atomic E-state index is 0.0300. The molecule has 2 N–H and O–H groups in total. The Hall–Kier alpha value is -1.97. The molecule has 0 saturated heterocycles. The Bertz CT molecular complexity index is 463. The maximum atomic E-state index is 9.55. The van der Waals surface area contributed by atoms with E-state index in [-0.39, 0.29) is 11.5 Å². The summed E-state index contributed by atoms with van der Waals surface area (Å²) in [6, 6.07) is 4.45. The first-order chi connectivity index (χ1) is 6.66. The third-order valence-corrected chi connectivity index (χ3v) is 1.95. The summed E-state index contributed by atoms with van der Waals surface area (Å²) in [6.45, 7) is 1.87. The van der Waals surface area contributed by atoms with Gasteiger partial charge in [-0.05, 0) is 19.1 Å². The van der Waals surface area contributed by atoms with Crippen LogP contribution in [0.25, 0.3) is 5.69 Å². The van der Waals surface area contributed by atoms with Gasteiger partial charge in [-0.1, -0.05) is 0 Å². The fraction of sp³-hybridized carbons (Fsp3) is 0.100. The summed E-state index contributed by atoms with van der Waals surface area (Å²) >= 11 is 0. The Morgan fingerprint density at radius 2 is 2.07 bits per heavy atom. The Morgan fingerprint density at radius 1 is 1.29 bits per heavy atom. The molecule has 0 saturated carbocycles. The van der Waals surface area contributed by atoms with Crippen LogP contribution in [0.3, 0.4) is 0 Å². The van der Waals surface area contributed by atoms with Crippen molar-refractivity contribution in [2.75, 3.05) is 0 Å². The molecule has 0 aliphatic heterocycles. The van der Waals surface area contributed by atoms with Gasteiger partial charge in [0.2, 0.25) is 0 Å². The number of aryl methyl sites for hydroxylation is 1. The summed E-state index contributed by atoms with van der Waals surface area (Å²) in [5.41, 5.74) is 1.47. The van der Waals surface area contributed by atoms with Crippen molar-refractivity contribution in [3.63, 3.8) is 0 Å². The normalized spacial score (nSPS) is 10.4. The van der Waals surface area contributed by atoms with Crippen LogP contribution in [0.4, 0.5) is 0 Å². The van der Waals surface area contributed by atoms with E-state index in [2.05, 4.69) is 4.98 Å². The van der Waals surface area contributed by atoms with Crippen molar-refractivity contribution in [2.45, 2.75) is 6.92 Å². The van der Waals surface area contributed by atoms with Crippen LogP contribution in [0.15, 0.2) is 30.7 Å².